The van der Waals surface area contributed by atoms with Crippen LogP contribution < -0.4 is 5.56 Å². The van der Waals surface area contributed by atoms with Crippen molar-refractivity contribution in [2.45, 2.75) is 19.0 Å². The lowest BCUT2D eigenvalue weighted by molar-refractivity contribution is -0.142. The number of H-pyrrole nitrogens is 2. The average Bonchev–Trinajstić information content (AvgIpc) is 2.37. The molecule has 0 amide bonds. The van der Waals surface area contributed by atoms with Crippen LogP contribution in [-0.4, -0.2) is 9.97 Å². The molecule has 1 aromatic carbocycles. The second-order valence-corrected chi connectivity index (χ2v) is 4.65. The molecule has 106 valence electrons. The smallest absolute Gasteiger partial charge is 0.328 e. The maximum absolute atomic E-state index is 12.9. The van der Waals surface area contributed by atoms with E-state index in [0.717, 1.165) is 5.56 Å². The maximum Gasteiger partial charge on any atom is 0.431 e. The van der Waals surface area contributed by atoms with Crippen LogP contribution in [0.2, 0.25) is 0 Å². The first kappa shape index (κ1) is 14.5. The van der Waals surface area contributed by atoms with E-state index in [0.29, 0.717) is 6.42 Å². The zero-order valence-corrected chi connectivity index (χ0v) is 11.1. The summed E-state index contributed by atoms with van der Waals surface area (Å²) in [5.74, 6) is 0. The Morgan fingerprint density at radius 1 is 1.05 bits per heavy atom. The lowest BCUT2D eigenvalue weighted by Crippen LogP contribution is -2.23. The van der Waals surface area contributed by atoms with Gasteiger partial charge in [0.2, 0.25) is 0 Å². The summed E-state index contributed by atoms with van der Waals surface area (Å²) in [4.78, 5) is 15.9. The standard InChI is InChI=1S/C13H11F3N2OS/c14-13(15,16)10-9(11(19)18-12(20)17-10)7-6-8-4-2-1-3-5-8/h1-5H,6-7H2,(H2,17,18,19,20). The van der Waals surface area contributed by atoms with E-state index in [-0.39, 0.29) is 16.8 Å². The van der Waals surface area contributed by atoms with Crippen molar-refractivity contribution < 1.29 is 13.2 Å². The first-order chi connectivity index (χ1) is 9.38. The Morgan fingerprint density at radius 3 is 2.30 bits per heavy atom. The topological polar surface area (TPSA) is 48.6 Å². The number of benzene rings is 1. The largest absolute Gasteiger partial charge is 0.431 e. The second-order valence-electron chi connectivity index (χ2n) is 4.25. The number of aromatic amines is 2. The first-order valence-corrected chi connectivity index (χ1v) is 6.25. The summed E-state index contributed by atoms with van der Waals surface area (Å²) < 4.78 is 38.4. The summed E-state index contributed by atoms with van der Waals surface area (Å²) in [5.41, 5.74) is -1.32. The molecule has 3 nitrogen and oxygen atoms in total. The normalized spacial score (nSPS) is 11.6. The second kappa shape index (κ2) is 5.62. The summed E-state index contributed by atoms with van der Waals surface area (Å²) in [6.45, 7) is 0. The third-order valence-corrected chi connectivity index (χ3v) is 3.04. The third kappa shape index (κ3) is 3.36. The number of alkyl halides is 3. The molecule has 0 aliphatic carbocycles. The number of hydrogen-bond acceptors (Lipinski definition) is 2. The van der Waals surface area contributed by atoms with Crippen molar-refractivity contribution in [2.75, 3.05) is 0 Å². The van der Waals surface area contributed by atoms with Gasteiger partial charge in [0.1, 0.15) is 5.69 Å². The first-order valence-electron chi connectivity index (χ1n) is 5.84. The zero-order chi connectivity index (χ0) is 14.8. The van der Waals surface area contributed by atoms with Gasteiger partial charge in [-0.05, 0) is 30.6 Å². The van der Waals surface area contributed by atoms with E-state index in [1.165, 1.54) is 0 Å². The number of halogens is 3. The number of nitrogens with one attached hydrogen (secondary N) is 2. The van der Waals surface area contributed by atoms with E-state index in [4.69, 9.17) is 0 Å². The Kier molecular flexibility index (Phi) is 4.08. The molecule has 0 radical (unpaired) electrons. The Bertz CT molecular complexity index is 704. The van der Waals surface area contributed by atoms with Gasteiger partial charge >= 0.3 is 6.18 Å². The van der Waals surface area contributed by atoms with Crippen LogP contribution in [0.5, 0.6) is 0 Å². The van der Waals surface area contributed by atoms with E-state index < -0.39 is 17.4 Å². The van der Waals surface area contributed by atoms with Crippen molar-refractivity contribution in [3.05, 3.63) is 62.3 Å². The van der Waals surface area contributed by atoms with E-state index in [1.54, 1.807) is 24.3 Å². The number of aromatic nitrogens is 2. The monoisotopic (exact) mass is 300 g/mol. The lowest BCUT2D eigenvalue weighted by Gasteiger charge is -2.11. The number of rotatable bonds is 3. The lowest BCUT2D eigenvalue weighted by atomic mass is 10.0. The fraction of sp³-hybridized carbons (Fsp3) is 0.231. The van der Waals surface area contributed by atoms with E-state index in [2.05, 4.69) is 17.2 Å². The molecule has 2 aromatic rings. The average molecular weight is 300 g/mol. The van der Waals surface area contributed by atoms with Gasteiger partial charge in [-0.3, -0.25) is 9.78 Å². The summed E-state index contributed by atoms with van der Waals surface area (Å²) in [6.07, 6.45) is -4.30. The minimum absolute atomic E-state index is 0.0136. The molecule has 0 saturated heterocycles. The van der Waals surface area contributed by atoms with Crippen LogP contribution in [0.4, 0.5) is 13.2 Å². The highest BCUT2D eigenvalue weighted by atomic mass is 32.1. The van der Waals surface area contributed by atoms with Gasteiger partial charge in [0, 0.05) is 5.56 Å². The maximum atomic E-state index is 12.9. The highest BCUT2D eigenvalue weighted by Gasteiger charge is 2.35. The van der Waals surface area contributed by atoms with Crippen molar-refractivity contribution in [3.8, 4) is 0 Å². The molecule has 7 heteroatoms. The molecule has 0 saturated carbocycles. The SMILES string of the molecule is O=c1[nH]c(=S)[nH]c(C(F)(F)F)c1CCc1ccccc1. The van der Waals surface area contributed by atoms with Crippen molar-refractivity contribution in [3.63, 3.8) is 0 Å². The Hall–Kier alpha value is -1.89. The molecule has 1 heterocycles. The van der Waals surface area contributed by atoms with Gasteiger partial charge < -0.3 is 4.98 Å². The Balaban J connectivity index is 2.36. The predicted octanol–water partition coefficient (Wildman–Crippen LogP) is 3.24. The molecule has 2 rings (SSSR count). The van der Waals surface area contributed by atoms with Crippen molar-refractivity contribution in [1.29, 1.82) is 0 Å². The van der Waals surface area contributed by atoms with Crippen LogP contribution >= 0.6 is 12.2 Å². The minimum Gasteiger partial charge on any atom is -0.328 e. The highest BCUT2D eigenvalue weighted by molar-refractivity contribution is 7.71. The fourth-order valence-corrected chi connectivity index (χ4v) is 2.10. The zero-order valence-electron chi connectivity index (χ0n) is 10.3. The molecule has 0 spiro atoms. The van der Waals surface area contributed by atoms with Gasteiger partial charge in [-0.1, -0.05) is 30.3 Å². The molecular weight excluding hydrogens is 289 g/mol. The van der Waals surface area contributed by atoms with Crippen molar-refractivity contribution >= 4 is 12.2 Å². The van der Waals surface area contributed by atoms with E-state index >= 15 is 0 Å². The van der Waals surface area contributed by atoms with E-state index in [9.17, 15) is 18.0 Å². The molecule has 0 unspecified atom stereocenters. The Labute approximate surface area is 117 Å². The number of aryl methyl sites for hydroxylation is 1. The molecule has 0 bridgehead atoms. The highest BCUT2D eigenvalue weighted by Crippen LogP contribution is 2.29. The van der Waals surface area contributed by atoms with Gasteiger partial charge in [0.15, 0.2) is 4.77 Å². The molecule has 0 atom stereocenters. The summed E-state index contributed by atoms with van der Waals surface area (Å²) in [5, 5.41) is 0. The van der Waals surface area contributed by atoms with Crippen LogP contribution in [0.3, 0.4) is 0 Å². The molecule has 0 aliphatic heterocycles. The quantitative estimate of drug-likeness (QED) is 0.855. The molecular formula is C13H11F3N2OS. The molecule has 1 aromatic heterocycles. The molecule has 20 heavy (non-hydrogen) atoms. The van der Waals surface area contributed by atoms with Gasteiger partial charge in [0.25, 0.3) is 5.56 Å². The summed E-state index contributed by atoms with van der Waals surface area (Å²) in [6, 6.07) is 9.00. The van der Waals surface area contributed by atoms with Gasteiger partial charge in [-0.2, -0.15) is 13.2 Å². The molecule has 0 fully saturated rings. The molecule has 2 N–H and O–H groups in total. The van der Waals surface area contributed by atoms with Gasteiger partial charge in [-0.15, -0.1) is 0 Å². The van der Waals surface area contributed by atoms with Crippen LogP contribution in [0.1, 0.15) is 16.8 Å². The van der Waals surface area contributed by atoms with Gasteiger partial charge in [-0.25, -0.2) is 0 Å². The van der Waals surface area contributed by atoms with Gasteiger partial charge in [0.05, 0.1) is 0 Å². The fourth-order valence-electron chi connectivity index (χ4n) is 1.91. The van der Waals surface area contributed by atoms with E-state index in [1.807, 2.05) is 11.1 Å². The summed E-state index contributed by atoms with van der Waals surface area (Å²) >= 11 is 4.58. The van der Waals surface area contributed by atoms with Crippen molar-refractivity contribution in [1.82, 2.24) is 9.97 Å². The van der Waals surface area contributed by atoms with Crippen LogP contribution in [-0.2, 0) is 19.0 Å². The minimum atomic E-state index is -4.63. The van der Waals surface area contributed by atoms with Crippen molar-refractivity contribution in [2.24, 2.45) is 0 Å². The van der Waals surface area contributed by atoms with Crippen LogP contribution in [0, 0.1) is 4.77 Å². The third-order valence-electron chi connectivity index (χ3n) is 2.83. The van der Waals surface area contributed by atoms with Crippen LogP contribution in [0.15, 0.2) is 35.1 Å². The predicted molar refractivity (Wildman–Crippen MR) is 71.1 cm³/mol. The Morgan fingerprint density at radius 2 is 1.70 bits per heavy atom. The summed E-state index contributed by atoms with van der Waals surface area (Å²) in [7, 11) is 0. The van der Waals surface area contributed by atoms with Crippen LogP contribution in [0.25, 0.3) is 0 Å². The molecule has 0 aliphatic rings. The number of hydrogen-bond donors (Lipinski definition) is 2.